The van der Waals surface area contributed by atoms with Crippen LogP contribution in [0.25, 0.3) is 0 Å². The molecule has 2 heteroatoms. The molecule has 0 spiro atoms. The molecular weight excluding hydrogens is 163 g/mol. The van der Waals surface area contributed by atoms with Gasteiger partial charge in [0.2, 0.25) is 0 Å². The van der Waals surface area contributed by atoms with Crippen molar-refractivity contribution in [3.8, 4) is 0 Å². The van der Waals surface area contributed by atoms with Crippen molar-refractivity contribution < 1.29 is 0 Å². The summed E-state index contributed by atoms with van der Waals surface area (Å²) in [6, 6.07) is 0. The largest absolute Gasteiger partial charge is 0.147 e. The molecule has 66 valence electrons. The smallest absolute Gasteiger partial charge is 0.147 e. The summed E-state index contributed by atoms with van der Waals surface area (Å²) < 4.78 is 0. The van der Waals surface area contributed by atoms with Gasteiger partial charge in [-0.3, -0.25) is 0 Å². The van der Waals surface area contributed by atoms with Gasteiger partial charge >= 0.3 is 59.6 Å². The van der Waals surface area contributed by atoms with E-state index < -0.39 is 7.26 Å². The zero-order chi connectivity index (χ0) is 7.33. The first-order chi connectivity index (χ1) is 4.24. The van der Waals surface area contributed by atoms with Crippen LogP contribution in [0.1, 0.15) is 27.7 Å². The number of halogens is 1. The van der Waals surface area contributed by atoms with Crippen molar-refractivity contribution in [2.24, 2.45) is 0 Å². The molecule has 0 aliphatic carbocycles. The minimum Gasteiger partial charge on any atom is -0.147 e. The van der Waals surface area contributed by atoms with Crippen LogP contribution in [0.15, 0.2) is 0 Å². The summed E-state index contributed by atoms with van der Waals surface area (Å²) in [4.78, 5) is 0. The molecule has 0 N–H and O–H groups in total. The normalized spacial score (nSPS) is 12.4. The molecule has 10 heavy (non-hydrogen) atoms. The van der Waals surface area contributed by atoms with Gasteiger partial charge in [-0.05, 0) is 0 Å². The van der Waals surface area contributed by atoms with E-state index in [2.05, 4.69) is 27.7 Å². The molecule has 0 rings (SSSR count). The maximum atomic E-state index is 2.36. The third-order valence-corrected chi connectivity index (χ3v) is 9.00. The average Bonchev–Trinajstić information content (AvgIpc) is 1.95. The van der Waals surface area contributed by atoms with Gasteiger partial charge in [0.25, 0.3) is 0 Å². The van der Waals surface area contributed by atoms with Crippen LogP contribution in [0.5, 0.6) is 0 Å². The first-order valence-corrected chi connectivity index (χ1v) is 7.07. The molecule has 0 aliphatic rings. The molecule has 0 unspecified atom stereocenters. The second-order valence-electron chi connectivity index (χ2n) is 2.91. The van der Waals surface area contributed by atoms with Gasteiger partial charge in [-0.15, -0.1) is 12.4 Å². The standard InChI is InChI=1S/C8H21P.ClH/c1-5-9(6-2,7-3)8-4;/h9H,5-8H2,1-4H3;1H. The van der Waals surface area contributed by atoms with E-state index in [0.29, 0.717) is 0 Å². The summed E-state index contributed by atoms with van der Waals surface area (Å²) in [6.07, 6.45) is 5.93. The summed E-state index contributed by atoms with van der Waals surface area (Å²) in [5, 5.41) is 0. The molecule has 0 radical (unpaired) electrons. The Morgan fingerprint density at radius 2 is 0.900 bits per heavy atom. The van der Waals surface area contributed by atoms with Gasteiger partial charge in [0.15, 0.2) is 0 Å². The summed E-state index contributed by atoms with van der Waals surface area (Å²) in [7, 11) is -0.691. The Labute approximate surface area is 72.5 Å². The van der Waals surface area contributed by atoms with E-state index in [1.54, 1.807) is 0 Å². The van der Waals surface area contributed by atoms with Crippen LogP contribution < -0.4 is 0 Å². The van der Waals surface area contributed by atoms with E-state index >= 15 is 0 Å². The predicted octanol–water partition coefficient (Wildman–Crippen LogP) is 3.24. The molecule has 0 bridgehead atoms. The Morgan fingerprint density at radius 1 is 0.700 bits per heavy atom. The molecule has 0 atom stereocenters. The first kappa shape index (κ1) is 13.3. The van der Waals surface area contributed by atoms with Crippen molar-refractivity contribution in [2.45, 2.75) is 27.7 Å². The van der Waals surface area contributed by atoms with E-state index in [4.69, 9.17) is 0 Å². The van der Waals surface area contributed by atoms with Crippen molar-refractivity contribution in [3.05, 3.63) is 0 Å². The monoisotopic (exact) mass is 184 g/mol. The van der Waals surface area contributed by atoms with Crippen LogP contribution in [0.2, 0.25) is 0 Å². The minimum absolute atomic E-state index is 0. The molecule has 0 heterocycles. The topological polar surface area (TPSA) is 0 Å². The molecule has 0 aromatic carbocycles. The van der Waals surface area contributed by atoms with Crippen LogP contribution in [0.3, 0.4) is 0 Å². The maximum absolute atomic E-state index is 2.36. The Hall–Kier alpha value is 0.720. The molecule has 0 fully saturated rings. The van der Waals surface area contributed by atoms with Crippen LogP contribution in [-0.2, 0) is 0 Å². The van der Waals surface area contributed by atoms with Crippen molar-refractivity contribution in [1.29, 1.82) is 0 Å². The fraction of sp³-hybridized carbons (Fsp3) is 1.00. The van der Waals surface area contributed by atoms with E-state index in [-0.39, 0.29) is 12.4 Å². The Bertz CT molecular complexity index is 52.1. The number of hydrogen-bond donors (Lipinski definition) is 0. The van der Waals surface area contributed by atoms with Crippen molar-refractivity contribution in [1.82, 2.24) is 0 Å². The van der Waals surface area contributed by atoms with Gasteiger partial charge in [0, 0.05) is 0 Å². The molecule has 0 aromatic heterocycles. The molecule has 0 aromatic rings. The van der Waals surface area contributed by atoms with Gasteiger partial charge in [0.1, 0.15) is 0 Å². The van der Waals surface area contributed by atoms with E-state index in [9.17, 15) is 0 Å². The number of hydrogen-bond acceptors (Lipinski definition) is 0. The summed E-state index contributed by atoms with van der Waals surface area (Å²) in [5.41, 5.74) is 0. The quantitative estimate of drug-likeness (QED) is 0.589. The van der Waals surface area contributed by atoms with Crippen molar-refractivity contribution in [3.63, 3.8) is 0 Å². The Balaban J connectivity index is 0. The van der Waals surface area contributed by atoms with Gasteiger partial charge in [-0.2, -0.15) is 0 Å². The summed E-state index contributed by atoms with van der Waals surface area (Å²) in [6.45, 7) is 9.46. The first-order valence-electron chi connectivity index (χ1n) is 4.24. The van der Waals surface area contributed by atoms with Crippen LogP contribution in [0, 0.1) is 0 Å². The van der Waals surface area contributed by atoms with E-state index in [0.717, 1.165) is 0 Å². The van der Waals surface area contributed by atoms with Crippen molar-refractivity contribution >= 4 is 19.7 Å². The molecule has 0 nitrogen and oxygen atoms in total. The van der Waals surface area contributed by atoms with E-state index in [1.807, 2.05) is 0 Å². The number of rotatable bonds is 4. The fourth-order valence-electron chi connectivity index (χ4n) is 1.50. The zero-order valence-corrected chi connectivity index (χ0v) is 9.55. The van der Waals surface area contributed by atoms with Crippen LogP contribution >= 0.6 is 19.7 Å². The zero-order valence-electron chi connectivity index (χ0n) is 7.74. The second-order valence-corrected chi connectivity index (χ2v) is 8.74. The van der Waals surface area contributed by atoms with Gasteiger partial charge in [-0.1, -0.05) is 0 Å². The predicted molar refractivity (Wildman–Crippen MR) is 57.7 cm³/mol. The third-order valence-electron chi connectivity index (χ3n) is 3.00. The van der Waals surface area contributed by atoms with Crippen LogP contribution in [-0.4, -0.2) is 24.6 Å². The third kappa shape index (κ3) is 3.21. The molecule has 0 saturated carbocycles. The maximum Gasteiger partial charge on any atom is -0.147 e. The molecule has 0 aliphatic heterocycles. The fourth-order valence-corrected chi connectivity index (χ4v) is 4.50. The van der Waals surface area contributed by atoms with Crippen molar-refractivity contribution in [2.75, 3.05) is 24.6 Å². The summed E-state index contributed by atoms with van der Waals surface area (Å²) >= 11 is 0. The minimum atomic E-state index is -0.691. The molecule has 0 saturated heterocycles. The second kappa shape index (κ2) is 6.43. The van der Waals surface area contributed by atoms with Gasteiger partial charge < -0.3 is 0 Å². The molecular formula is C8H22ClP. The SMILES string of the molecule is CC[PH](CC)(CC)CC.Cl. The Morgan fingerprint density at radius 3 is 0.900 bits per heavy atom. The van der Waals surface area contributed by atoms with Gasteiger partial charge in [-0.25, -0.2) is 0 Å². The molecule has 0 amide bonds. The Kier molecular flexibility index (Phi) is 8.57. The van der Waals surface area contributed by atoms with Crippen LogP contribution in [0.4, 0.5) is 0 Å². The summed E-state index contributed by atoms with van der Waals surface area (Å²) in [5.74, 6) is 0. The average molecular weight is 185 g/mol. The van der Waals surface area contributed by atoms with E-state index in [1.165, 1.54) is 24.6 Å². The van der Waals surface area contributed by atoms with Gasteiger partial charge in [0.05, 0.1) is 0 Å².